The van der Waals surface area contributed by atoms with Gasteiger partial charge in [0.2, 0.25) is 5.91 Å². The molecule has 0 saturated carbocycles. The summed E-state index contributed by atoms with van der Waals surface area (Å²) in [6, 6.07) is 24.9. The van der Waals surface area contributed by atoms with Gasteiger partial charge < -0.3 is 14.8 Å². The third-order valence-corrected chi connectivity index (χ3v) is 6.65. The molecule has 0 saturated heterocycles. The van der Waals surface area contributed by atoms with Crippen molar-refractivity contribution in [2.75, 3.05) is 13.7 Å². The van der Waals surface area contributed by atoms with Crippen LogP contribution in [0.15, 0.2) is 72.8 Å². The Morgan fingerprint density at radius 3 is 1.83 bits per heavy atom. The van der Waals surface area contributed by atoms with Crippen LogP contribution in [0.4, 0.5) is 0 Å². The minimum Gasteiger partial charge on any atom is -0.497 e. The van der Waals surface area contributed by atoms with Crippen LogP contribution in [-0.2, 0) is 4.79 Å². The van der Waals surface area contributed by atoms with E-state index in [1.165, 1.54) is 11.1 Å². The van der Waals surface area contributed by atoms with Crippen LogP contribution in [-0.4, -0.2) is 25.7 Å². The van der Waals surface area contributed by atoms with E-state index in [0.717, 1.165) is 29.0 Å². The SMILES string of the molecule is COc1ccc([C@@H](CCNC(=O)C[C@@H](c2ccc(C)cc2)c2ccc(OC(C)C)cc2)C(C)C)cc1. The van der Waals surface area contributed by atoms with Gasteiger partial charge in [-0.15, -0.1) is 0 Å². The molecule has 1 amide bonds. The molecule has 36 heavy (non-hydrogen) atoms. The first kappa shape index (κ1) is 27.3. The first-order chi connectivity index (χ1) is 17.3. The summed E-state index contributed by atoms with van der Waals surface area (Å²) in [6.07, 6.45) is 1.43. The highest BCUT2D eigenvalue weighted by atomic mass is 16.5. The second kappa shape index (κ2) is 13.2. The fourth-order valence-corrected chi connectivity index (χ4v) is 4.64. The van der Waals surface area contributed by atoms with E-state index in [4.69, 9.17) is 9.47 Å². The topological polar surface area (TPSA) is 47.6 Å². The summed E-state index contributed by atoms with van der Waals surface area (Å²) < 4.78 is 11.1. The maximum Gasteiger partial charge on any atom is 0.220 e. The van der Waals surface area contributed by atoms with Gasteiger partial charge in [-0.2, -0.15) is 0 Å². The fourth-order valence-electron chi connectivity index (χ4n) is 4.64. The van der Waals surface area contributed by atoms with Gasteiger partial charge in [0.05, 0.1) is 13.2 Å². The zero-order chi connectivity index (χ0) is 26.1. The second-order valence-electron chi connectivity index (χ2n) is 10.2. The number of benzene rings is 3. The van der Waals surface area contributed by atoms with Gasteiger partial charge in [-0.1, -0.05) is 67.9 Å². The second-order valence-corrected chi connectivity index (χ2v) is 10.2. The molecular weight excluding hydrogens is 446 g/mol. The lowest BCUT2D eigenvalue weighted by molar-refractivity contribution is -0.121. The maximum atomic E-state index is 13.1. The molecule has 1 N–H and O–H groups in total. The number of nitrogens with one attached hydrogen (secondary N) is 1. The molecule has 0 aromatic heterocycles. The lowest BCUT2D eigenvalue weighted by atomic mass is 9.85. The summed E-state index contributed by atoms with van der Waals surface area (Å²) in [5, 5.41) is 3.19. The summed E-state index contributed by atoms with van der Waals surface area (Å²) in [6.45, 7) is 11.2. The standard InChI is InChI=1S/C32H41NO3/c1-22(2)30(25-11-15-28(35-6)16-12-25)19-20-33-32(34)21-31(26-9-7-24(5)8-10-26)27-13-17-29(18-14-27)36-23(3)4/h7-18,22-23,30-31H,19-21H2,1-6H3,(H,33,34)/t30-,31-/m0/s1. The number of aryl methyl sites for hydroxylation is 1. The minimum atomic E-state index is -0.0128. The average molecular weight is 488 g/mol. The fraction of sp³-hybridized carbons (Fsp3) is 0.406. The van der Waals surface area contributed by atoms with Gasteiger partial charge >= 0.3 is 0 Å². The van der Waals surface area contributed by atoms with Crippen molar-refractivity contribution in [3.8, 4) is 11.5 Å². The van der Waals surface area contributed by atoms with Crippen molar-refractivity contribution in [1.82, 2.24) is 5.32 Å². The lowest BCUT2D eigenvalue weighted by Gasteiger charge is -2.23. The molecule has 0 aliphatic heterocycles. The zero-order valence-corrected chi connectivity index (χ0v) is 22.6. The minimum absolute atomic E-state index is 0.0128. The molecule has 192 valence electrons. The molecular formula is C32H41NO3. The Labute approximate surface area is 217 Å². The van der Waals surface area contributed by atoms with Crippen molar-refractivity contribution in [2.24, 2.45) is 5.92 Å². The van der Waals surface area contributed by atoms with Crippen LogP contribution in [0.25, 0.3) is 0 Å². The molecule has 3 aromatic carbocycles. The molecule has 4 nitrogen and oxygen atoms in total. The van der Waals surface area contributed by atoms with Gasteiger partial charge in [0.15, 0.2) is 0 Å². The number of carbonyl (C=O) groups excluding carboxylic acids is 1. The molecule has 0 aliphatic rings. The zero-order valence-electron chi connectivity index (χ0n) is 22.6. The van der Waals surface area contributed by atoms with E-state index >= 15 is 0 Å². The highest BCUT2D eigenvalue weighted by Crippen LogP contribution is 2.31. The predicted molar refractivity (Wildman–Crippen MR) is 148 cm³/mol. The van der Waals surface area contributed by atoms with E-state index in [1.54, 1.807) is 7.11 Å². The van der Waals surface area contributed by atoms with Crippen molar-refractivity contribution in [3.63, 3.8) is 0 Å². The van der Waals surface area contributed by atoms with Crippen LogP contribution in [0.2, 0.25) is 0 Å². The number of hydrogen-bond donors (Lipinski definition) is 1. The van der Waals surface area contributed by atoms with E-state index in [1.807, 2.05) is 38.1 Å². The number of ether oxygens (including phenoxy) is 2. The van der Waals surface area contributed by atoms with Crippen molar-refractivity contribution < 1.29 is 14.3 Å². The van der Waals surface area contributed by atoms with Crippen molar-refractivity contribution in [2.45, 2.75) is 65.4 Å². The molecule has 3 aromatic rings. The van der Waals surface area contributed by atoms with E-state index in [9.17, 15) is 4.79 Å². The van der Waals surface area contributed by atoms with E-state index in [-0.39, 0.29) is 17.9 Å². The Morgan fingerprint density at radius 1 is 0.778 bits per heavy atom. The molecule has 0 spiro atoms. The number of hydrogen-bond acceptors (Lipinski definition) is 3. The van der Waals surface area contributed by atoms with E-state index < -0.39 is 0 Å². The number of carbonyl (C=O) groups is 1. The molecule has 0 fully saturated rings. The van der Waals surface area contributed by atoms with Crippen LogP contribution in [0.3, 0.4) is 0 Å². The number of rotatable bonds is 12. The van der Waals surface area contributed by atoms with Gasteiger partial charge in [-0.05, 0) is 80.0 Å². The molecule has 0 bridgehead atoms. The van der Waals surface area contributed by atoms with Crippen LogP contribution < -0.4 is 14.8 Å². The summed E-state index contributed by atoms with van der Waals surface area (Å²) in [5.74, 6) is 2.61. The predicted octanol–water partition coefficient (Wildman–Crippen LogP) is 7.26. The third kappa shape index (κ3) is 7.87. The average Bonchev–Trinajstić information content (AvgIpc) is 2.86. The highest BCUT2D eigenvalue weighted by molar-refractivity contribution is 5.77. The number of methoxy groups -OCH3 is 1. The Hall–Kier alpha value is -3.27. The smallest absolute Gasteiger partial charge is 0.220 e. The summed E-state index contributed by atoms with van der Waals surface area (Å²) in [7, 11) is 1.68. The largest absolute Gasteiger partial charge is 0.497 e. The summed E-state index contributed by atoms with van der Waals surface area (Å²) in [4.78, 5) is 13.1. The monoisotopic (exact) mass is 487 g/mol. The van der Waals surface area contributed by atoms with Crippen LogP contribution in [0.1, 0.15) is 74.6 Å². The van der Waals surface area contributed by atoms with Crippen molar-refractivity contribution in [3.05, 3.63) is 95.1 Å². The quantitative estimate of drug-likeness (QED) is 0.292. The Kier molecular flexibility index (Phi) is 9.98. The first-order valence-corrected chi connectivity index (χ1v) is 13.0. The lowest BCUT2D eigenvalue weighted by Crippen LogP contribution is -2.28. The maximum absolute atomic E-state index is 13.1. The van der Waals surface area contributed by atoms with Crippen LogP contribution in [0.5, 0.6) is 11.5 Å². The Bertz CT molecular complexity index is 1070. The van der Waals surface area contributed by atoms with Crippen molar-refractivity contribution in [1.29, 1.82) is 0 Å². The van der Waals surface area contributed by atoms with Crippen LogP contribution >= 0.6 is 0 Å². The molecule has 0 unspecified atom stereocenters. The van der Waals surface area contributed by atoms with Gasteiger partial charge in [0.1, 0.15) is 11.5 Å². The van der Waals surface area contributed by atoms with Gasteiger partial charge in [0.25, 0.3) is 0 Å². The molecule has 0 heterocycles. The van der Waals surface area contributed by atoms with Gasteiger partial charge in [-0.25, -0.2) is 0 Å². The van der Waals surface area contributed by atoms with E-state index in [0.29, 0.717) is 24.8 Å². The molecule has 4 heteroatoms. The van der Waals surface area contributed by atoms with E-state index in [2.05, 4.69) is 74.6 Å². The van der Waals surface area contributed by atoms with Crippen molar-refractivity contribution >= 4 is 5.91 Å². The summed E-state index contributed by atoms with van der Waals surface area (Å²) >= 11 is 0. The molecule has 0 radical (unpaired) electrons. The molecule has 3 rings (SSSR count). The first-order valence-electron chi connectivity index (χ1n) is 13.0. The highest BCUT2D eigenvalue weighted by Gasteiger charge is 2.20. The third-order valence-electron chi connectivity index (χ3n) is 6.65. The summed E-state index contributed by atoms with van der Waals surface area (Å²) in [5.41, 5.74) is 4.75. The Morgan fingerprint density at radius 2 is 1.31 bits per heavy atom. The van der Waals surface area contributed by atoms with Crippen LogP contribution in [0, 0.1) is 12.8 Å². The number of amides is 1. The molecule has 0 aliphatic carbocycles. The Balaban J connectivity index is 1.67. The van der Waals surface area contributed by atoms with Gasteiger partial charge in [-0.3, -0.25) is 4.79 Å². The van der Waals surface area contributed by atoms with Gasteiger partial charge in [0, 0.05) is 18.9 Å². The normalized spacial score (nSPS) is 12.9. The molecule has 2 atom stereocenters.